The van der Waals surface area contributed by atoms with Crippen LogP contribution in [0.3, 0.4) is 0 Å². The van der Waals surface area contributed by atoms with Gasteiger partial charge in [-0.25, -0.2) is 4.39 Å². The van der Waals surface area contributed by atoms with Crippen LogP contribution < -0.4 is 5.73 Å². The van der Waals surface area contributed by atoms with Crippen LogP contribution in [0.5, 0.6) is 0 Å². The smallest absolute Gasteiger partial charge is 0.307 e. The monoisotopic (exact) mass is 247 g/mol. The van der Waals surface area contributed by atoms with Gasteiger partial charge in [-0.15, -0.1) is 0 Å². The lowest BCUT2D eigenvalue weighted by Crippen LogP contribution is -2.04. The molecule has 0 fully saturated rings. The van der Waals surface area contributed by atoms with Crippen molar-refractivity contribution in [3.05, 3.63) is 28.0 Å². The fourth-order valence-electron chi connectivity index (χ4n) is 0.961. The second kappa shape index (κ2) is 3.74. The van der Waals surface area contributed by atoms with E-state index in [9.17, 15) is 9.18 Å². The average molecular weight is 248 g/mol. The van der Waals surface area contributed by atoms with Crippen molar-refractivity contribution in [2.24, 2.45) is 0 Å². The first-order valence-corrected chi connectivity index (χ1v) is 4.25. The van der Waals surface area contributed by atoms with Crippen LogP contribution in [0.25, 0.3) is 0 Å². The Morgan fingerprint density at radius 2 is 2.23 bits per heavy atom. The molecule has 5 heteroatoms. The lowest BCUT2D eigenvalue weighted by Gasteiger charge is -2.03. The predicted octanol–water partition coefficient (Wildman–Crippen LogP) is 1.80. The molecular weight excluding hydrogens is 241 g/mol. The van der Waals surface area contributed by atoms with Crippen molar-refractivity contribution in [1.29, 1.82) is 0 Å². The van der Waals surface area contributed by atoms with E-state index in [2.05, 4.69) is 15.9 Å². The second-order valence-electron chi connectivity index (χ2n) is 2.55. The number of carboxylic acid groups (broad SMARTS) is 1. The number of benzene rings is 1. The van der Waals surface area contributed by atoms with Gasteiger partial charge in [-0.2, -0.15) is 0 Å². The van der Waals surface area contributed by atoms with Crippen LogP contribution in [0.15, 0.2) is 16.6 Å². The highest BCUT2D eigenvalue weighted by Gasteiger charge is 2.10. The van der Waals surface area contributed by atoms with Gasteiger partial charge in [-0.05, 0) is 28.1 Å². The summed E-state index contributed by atoms with van der Waals surface area (Å²) in [6, 6.07) is 2.70. The molecule has 70 valence electrons. The Hall–Kier alpha value is -1.10. The molecule has 0 aromatic heterocycles. The number of anilines is 1. The van der Waals surface area contributed by atoms with Crippen LogP contribution in [0.2, 0.25) is 0 Å². The third kappa shape index (κ3) is 2.42. The molecule has 0 heterocycles. The van der Waals surface area contributed by atoms with Gasteiger partial charge in [-0.1, -0.05) is 0 Å². The first-order valence-electron chi connectivity index (χ1n) is 3.46. The molecule has 0 aliphatic carbocycles. The number of rotatable bonds is 2. The van der Waals surface area contributed by atoms with E-state index in [4.69, 9.17) is 10.8 Å². The maximum absolute atomic E-state index is 13.2. The van der Waals surface area contributed by atoms with Gasteiger partial charge >= 0.3 is 5.97 Å². The first kappa shape index (κ1) is 9.98. The highest BCUT2D eigenvalue weighted by molar-refractivity contribution is 9.10. The Bertz CT molecular complexity index is 354. The van der Waals surface area contributed by atoms with Gasteiger partial charge in [0.2, 0.25) is 0 Å². The molecule has 3 N–H and O–H groups in total. The van der Waals surface area contributed by atoms with E-state index >= 15 is 0 Å². The van der Waals surface area contributed by atoms with Crippen molar-refractivity contribution < 1.29 is 14.3 Å². The zero-order chi connectivity index (χ0) is 10.0. The minimum absolute atomic E-state index is 0.0828. The average Bonchev–Trinajstić information content (AvgIpc) is 1.98. The second-order valence-corrected chi connectivity index (χ2v) is 3.40. The van der Waals surface area contributed by atoms with E-state index in [1.54, 1.807) is 0 Å². The van der Waals surface area contributed by atoms with Crippen molar-refractivity contribution in [3.63, 3.8) is 0 Å². The van der Waals surface area contributed by atoms with E-state index in [0.717, 1.165) is 0 Å². The molecule has 0 saturated heterocycles. The summed E-state index contributed by atoms with van der Waals surface area (Å²) in [6.45, 7) is 0. The lowest BCUT2D eigenvalue weighted by atomic mass is 10.1. The Morgan fingerprint density at radius 3 is 2.77 bits per heavy atom. The van der Waals surface area contributed by atoms with E-state index in [1.807, 2.05) is 0 Å². The van der Waals surface area contributed by atoms with Gasteiger partial charge in [-0.3, -0.25) is 4.79 Å². The number of halogens is 2. The third-order valence-corrected chi connectivity index (χ3v) is 2.04. The maximum Gasteiger partial charge on any atom is 0.307 e. The van der Waals surface area contributed by atoms with Gasteiger partial charge < -0.3 is 10.8 Å². The van der Waals surface area contributed by atoms with Crippen molar-refractivity contribution >= 4 is 27.6 Å². The molecule has 0 unspecified atom stereocenters. The summed E-state index contributed by atoms with van der Waals surface area (Å²) in [5, 5.41) is 8.45. The first-order chi connectivity index (χ1) is 6.00. The number of carboxylic acids is 1. The molecule has 0 saturated carbocycles. The number of nitrogen functional groups attached to an aromatic ring is 1. The predicted molar refractivity (Wildman–Crippen MR) is 49.9 cm³/mol. The summed E-state index contributed by atoms with van der Waals surface area (Å²) < 4.78 is 13.4. The molecule has 1 rings (SSSR count). The van der Waals surface area contributed by atoms with Gasteiger partial charge in [0.1, 0.15) is 5.82 Å². The largest absolute Gasteiger partial charge is 0.481 e. The SMILES string of the molecule is Nc1cc(Br)c(F)c(CC(=O)O)c1. The molecule has 0 bridgehead atoms. The van der Waals surface area contributed by atoms with Gasteiger partial charge in [0.25, 0.3) is 0 Å². The van der Waals surface area contributed by atoms with E-state index in [-0.39, 0.29) is 16.5 Å². The Morgan fingerprint density at radius 1 is 1.62 bits per heavy atom. The van der Waals surface area contributed by atoms with Crippen molar-refractivity contribution in [1.82, 2.24) is 0 Å². The van der Waals surface area contributed by atoms with Crippen LogP contribution in [0.4, 0.5) is 10.1 Å². The van der Waals surface area contributed by atoms with Crippen molar-refractivity contribution in [3.8, 4) is 0 Å². The highest BCUT2D eigenvalue weighted by atomic mass is 79.9. The summed E-state index contributed by atoms with van der Waals surface area (Å²) in [7, 11) is 0. The Kier molecular flexibility index (Phi) is 2.87. The van der Waals surface area contributed by atoms with Crippen LogP contribution in [-0.4, -0.2) is 11.1 Å². The fourth-order valence-corrected chi connectivity index (χ4v) is 1.48. The maximum atomic E-state index is 13.2. The summed E-state index contributed by atoms with van der Waals surface area (Å²) in [5.74, 6) is -1.66. The molecule has 0 atom stereocenters. The van der Waals surface area contributed by atoms with E-state index < -0.39 is 11.8 Å². The van der Waals surface area contributed by atoms with Crippen molar-refractivity contribution in [2.45, 2.75) is 6.42 Å². The summed E-state index contributed by atoms with van der Waals surface area (Å²) in [6.07, 6.45) is -0.366. The van der Waals surface area contributed by atoms with Crippen LogP contribution in [0.1, 0.15) is 5.56 Å². The fraction of sp³-hybridized carbons (Fsp3) is 0.125. The van der Waals surface area contributed by atoms with E-state index in [0.29, 0.717) is 5.69 Å². The standard InChI is InChI=1S/C8H7BrFNO2/c9-6-3-5(11)1-4(8(6)10)2-7(12)13/h1,3H,2,11H2,(H,12,13). The van der Waals surface area contributed by atoms with Crippen LogP contribution in [-0.2, 0) is 11.2 Å². The number of aliphatic carboxylic acids is 1. The summed E-state index contributed by atoms with van der Waals surface area (Å²) >= 11 is 2.94. The highest BCUT2D eigenvalue weighted by Crippen LogP contribution is 2.22. The zero-order valence-corrected chi connectivity index (χ0v) is 8.14. The van der Waals surface area contributed by atoms with Gasteiger partial charge in [0.15, 0.2) is 0 Å². The number of nitrogens with two attached hydrogens (primary N) is 1. The minimum atomic E-state index is -1.09. The molecular formula is C8H7BrFNO2. The molecule has 0 amide bonds. The molecule has 1 aromatic carbocycles. The van der Waals surface area contributed by atoms with Crippen LogP contribution in [0, 0.1) is 5.82 Å². The summed E-state index contributed by atoms with van der Waals surface area (Å²) in [4.78, 5) is 10.3. The number of hydrogen-bond acceptors (Lipinski definition) is 2. The molecule has 3 nitrogen and oxygen atoms in total. The Labute approximate surface area is 82.5 Å². The third-order valence-electron chi connectivity index (χ3n) is 1.47. The molecule has 0 aliphatic rings. The molecule has 0 spiro atoms. The van der Waals surface area contributed by atoms with Gasteiger partial charge in [0, 0.05) is 11.3 Å². The Balaban J connectivity index is 3.12. The van der Waals surface area contributed by atoms with Crippen LogP contribution >= 0.6 is 15.9 Å². The minimum Gasteiger partial charge on any atom is -0.481 e. The number of hydrogen-bond donors (Lipinski definition) is 2. The lowest BCUT2D eigenvalue weighted by molar-refractivity contribution is -0.136. The topological polar surface area (TPSA) is 63.3 Å². The number of carbonyl (C=O) groups is 1. The zero-order valence-electron chi connectivity index (χ0n) is 6.55. The molecule has 1 aromatic rings. The van der Waals surface area contributed by atoms with Crippen molar-refractivity contribution in [2.75, 3.05) is 5.73 Å². The summed E-state index contributed by atoms with van der Waals surface area (Å²) in [5.41, 5.74) is 5.83. The van der Waals surface area contributed by atoms with Gasteiger partial charge in [0.05, 0.1) is 10.9 Å². The molecule has 0 aliphatic heterocycles. The molecule has 0 radical (unpaired) electrons. The quantitative estimate of drug-likeness (QED) is 0.784. The molecule has 13 heavy (non-hydrogen) atoms. The van der Waals surface area contributed by atoms with E-state index in [1.165, 1.54) is 12.1 Å². The normalized spacial score (nSPS) is 10.0.